The number of thioether (sulfide) groups is 1. The lowest BCUT2D eigenvalue weighted by molar-refractivity contribution is -0.141. The van der Waals surface area contributed by atoms with Gasteiger partial charge in [-0.25, -0.2) is 4.79 Å². The van der Waals surface area contributed by atoms with Crippen LogP contribution in [0.4, 0.5) is 4.79 Å². The van der Waals surface area contributed by atoms with E-state index in [1.807, 2.05) is 18.2 Å². The second-order valence-electron chi connectivity index (χ2n) is 7.22. The van der Waals surface area contributed by atoms with Gasteiger partial charge in [0.25, 0.3) is 5.91 Å². The van der Waals surface area contributed by atoms with Gasteiger partial charge in [-0.2, -0.15) is 4.99 Å². The van der Waals surface area contributed by atoms with E-state index in [4.69, 9.17) is 9.47 Å². The molecule has 0 aliphatic carbocycles. The first-order chi connectivity index (χ1) is 16.3. The molecule has 3 rings (SSSR count). The van der Waals surface area contributed by atoms with Crippen LogP contribution in [-0.2, 0) is 30.4 Å². The lowest BCUT2D eigenvalue weighted by Crippen LogP contribution is -2.51. The Bertz CT molecular complexity index is 1140. The number of carbonyl (C=O) groups is 4. The van der Waals surface area contributed by atoms with Crippen molar-refractivity contribution in [3.8, 4) is 0 Å². The summed E-state index contributed by atoms with van der Waals surface area (Å²) in [7, 11) is 1.31. The Morgan fingerprint density at radius 3 is 2.50 bits per heavy atom. The number of carbonyl (C=O) groups excluding carboxylic acids is 4. The molecule has 1 aliphatic rings. The lowest BCUT2D eigenvalue weighted by atomic mass is 10.3. The number of aromatic nitrogens is 1. The number of halogens is 1. The number of hydrogen-bond donors (Lipinski definition) is 0. The molecule has 2 aromatic rings. The smallest absolute Gasteiger partial charge is 0.409 e. The Morgan fingerprint density at radius 2 is 1.82 bits per heavy atom. The van der Waals surface area contributed by atoms with Crippen LogP contribution in [0.1, 0.15) is 6.92 Å². The molecule has 0 saturated carbocycles. The number of hydrogen-bond acceptors (Lipinski definition) is 8. The number of piperazine rings is 1. The highest BCUT2D eigenvalue weighted by Gasteiger charge is 2.24. The molecule has 3 amide bonds. The maximum absolute atomic E-state index is 12.5. The van der Waals surface area contributed by atoms with Crippen LogP contribution >= 0.6 is 39.0 Å². The van der Waals surface area contributed by atoms with Crippen molar-refractivity contribution < 1.29 is 28.7 Å². The van der Waals surface area contributed by atoms with Gasteiger partial charge in [-0.15, -0.1) is 11.8 Å². The van der Waals surface area contributed by atoms with Gasteiger partial charge in [-0.1, -0.05) is 27.3 Å². The van der Waals surface area contributed by atoms with E-state index >= 15 is 0 Å². The predicted octanol–water partition coefficient (Wildman–Crippen LogP) is 2.10. The van der Waals surface area contributed by atoms with Crippen molar-refractivity contribution in [3.63, 3.8) is 0 Å². The highest BCUT2D eigenvalue weighted by atomic mass is 79.9. The summed E-state index contributed by atoms with van der Waals surface area (Å²) in [4.78, 5) is 56.4. The van der Waals surface area contributed by atoms with Crippen molar-refractivity contribution in [2.45, 2.75) is 13.5 Å². The second kappa shape index (κ2) is 12.4. The largest absolute Gasteiger partial charge is 0.468 e. The fourth-order valence-corrected chi connectivity index (χ4v) is 5.58. The molecule has 13 heteroatoms. The minimum atomic E-state index is -0.445. The van der Waals surface area contributed by atoms with Crippen molar-refractivity contribution in [1.29, 1.82) is 0 Å². The summed E-state index contributed by atoms with van der Waals surface area (Å²) >= 11 is 5.91. The van der Waals surface area contributed by atoms with Crippen LogP contribution in [0.5, 0.6) is 0 Å². The van der Waals surface area contributed by atoms with E-state index < -0.39 is 11.9 Å². The minimum Gasteiger partial charge on any atom is -0.468 e. The van der Waals surface area contributed by atoms with Crippen molar-refractivity contribution in [1.82, 2.24) is 14.4 Å². The van der Waals surface area contributed by atoms with E-state index in [9.17, 15) is 19.2 Å². The molecule has 184 valence electrons. The molecule has 0 N–H and O–H groups in total. The summed E-state index contributed by atoms with van der Waals surface area (Å²) in [5.74, 6) is -0.755. The molecule has 1 fully saturated rings. The number of amides is 3. The number of rotatable bonds is 7. The van der Waals surface area contributed by atoms with Gasteiger partial charge in [0.15, 0.2) is 4.80 Å². The van der Waals surface area contributed by atoms with Crippen LogP contribution in [0.15, 0.2) is 27.7 Å². The molecule has 0 spiro atoms. The third-order valence-corrected chi connectivity index (χ3v) is 7.43. The van der Waals surface area contributed by atoms with Gasteiger partial charge in [0.2, 0.25) is 5.91 Å². The first-order valence-corrected chi connectivity index (χ1v) is 13.3. The Labute approximate surface area is 213 Å². The third kappa shape index (κ3) is 6.83. The van der Waals surface area contributed by atoms with E-state index in [1.54, 1.807) is 21.3 Å². The first kappa shape index (κ1) is 26.2. The van der Waals surface area contributed by atoms with E-state index in [2.05, 4.69) is 20.9 Å². The zero-order valence-electron chi connectivity index (χ0n) is 18.8. The van der Waals surface area contributed by atoms with Crippen molar-refractivity contribution in [3.05, 3.63) is 27.5 Å². The highest BCUT2D eigenvalue weighted by Crippen LogP contribution is 2.22. The standard InChI is InChI=1S/C21H25BrN4O6S2/c1-3-32-21(30)25-8-6-24(7-9-25)18(28)13-33-12-17(27)23-20-26(11-19(29)31-2)15-5-4-14(22)10-16(15)34-20/h4-5,10H,3,6-9,11-13H2,1-2H3. The average Bonchev–Trinajstić information content (AvgIpc) is 3.14. The van der Waals surface area contributed by atoms with E-state index in [1.165, 1.54) is 30.2 Å². The molecule has 34 heavy (non-hydrogen) atoms. The summed E-state index contributed by atoms with van der Waals surface area (Å²) in [6, 6.07) is 5.59. The number of benzene rings is 1. The summed E-state index contributed by atoms with van der Waals surface area (Å²) < 4.78 is 13.1. The number of ether oxygens (including phenoxy) is 2. The lowest BCUT2D eigenvalue weighted by Gasteiger charge is -2.34. The van der Waals surface area contributed by atoms with Crippen LogP contribution in [0.25, 0.3) is 10.2 Å². The van der Waals surface area contributed by atoms with Gasteiger partial charge in [0.1, 0.15) is 6.54 Å². The summed E-state index contributed by atoms with van der Waals surface area (Å²) in [5, 5.41) is 0. The fraction of sp³-hybridized carbons (Fsp3) is 0.476. The predicted molar refractivity (Wildman–Crippen MR) is 133 cm³/mol. The van der Waals surface area contributed by atoms with E-state index in [0.717, 1.165) is 14.7 Å². The van der Waals surface area contributed by atoms with Crippen LogP contribution in [-0.4, -0.2) is 89.6 Å². The summed E-state index contributed by atoms with van der Waals surface area (Å²) in [6.45, 7) is 3.71. The van der Waals surface area contributed by atoms with Gasteiger partial charge in [-0.05, 0) is 25.1 Å². The molecule has 1 aromatic carbocycles. The number of thiazole rings is 1. The topological polar surface area (TPSA) is 111 Å². The Morgan fingerprint density at radius 1 is 1.12 bits per heavy atom. The number of fused-ring (bicyclic) bond motifs is 1. The highest BCUT2D eigenvalue weighted by molar-refractivity contribution is 9.10. The second-order valence-corrected chi connectivity index (χ2v) is 10.1. The number of nitrogens with zero attached hydrogens (tertiary/aromatic N) is 4. The third-order valence-electron chi connectivity index (χ3n) is 4.99. The SMILES string of the molecule is CCOC(=O)N1CCN(C(=O)CSCC(=O)N=c2sc3cc(Br)ccc3n2CC(=O)OC)CC1. The van der Waals surface area contributed by atoms with Crippen LogP contribution < -0.4 is 4.80 Å². The minimum absolute atomic E-state index is 0.0324. The maximum atomic E-state index is 12.5. The summed E-state index contributed by atoms with van der Waals surface area (Å²) in [6.07, 6.45) is -0.366. The molecule has 0 bridgehead atoms. The molecular formula is C21H25BrN4O6S2. The quantitative estimate of drug-likeness (QED) is 0.467. The molecule has 2 heterocycles. The van der Waals surface area contributed by atoms with Gasteiger partial charge in [-0.3, -0.25) is 14.4 Å². The fourth-order valence-electron chi connectivity index (χ4n) is 3.29. The molecule has 0 atom stereocenters. The molecule has 10 nitrogen and oxygen atoms in total. The zero-order valence-corrected chi connectivity index (χ0v) is 22.0. The van der Waals surface area contributed by atoms with Gasteiger partial charge >= 0.3 is 12.1 Å². The molecule has 0 unspecified atom stereocenters. The number of esters is 1. The van der Waals surface area contributed by atoms with Gasteiger partial charge in [0, 0.05) is 30.7 Å². The Balaban J connectivity index is 1.58. The molecule has 1 aliphatic heterocycles. The maximum Gasteiger partial charge on any atom is 0.409 e. The molecular weight excluding hydrogens is 548 g/mol. The van der Waals surface area contributed by atoms with Crippen molar-refractivity contribution >= 4 is 73.1 Å². The zero-order chi connectivity index (χ0) is 24.7. The average molecular weight is 573 g/mol. The van der Waals surface area contributed by atoms with Gasteiger partial charge < -0.3 is 23.8 Å². The van der Waals surface area contributed by atoms with Crippen molar-refractivity contribution in [2.24, 2.45) is 4.99 Å². The van der Waals surface area contributed by atoms with Gasteiger partial charge in [0.05, 0.1) is 35.4 Å². The normalized spacial score (nSPS) is 14.4. The summed E-state index contributed by atoms with van der Waals surface area (Å²) in [5.41, 5.74) is 0.773. The van der Waals surface area contributed by atoms with Crippen LogP contribution in [0.3, 0.4) is 0 Å². The van der Waals surface area contributed by atoms with Crippen molar-refractivity contribution in [2.75, 3.05) is 51.4 Å². The Hall–Kier alpha value is -2.38. The molecule has 1 saturated heterocycles. The van der Waals surface area contributed by atoms with Crippen LogP contribution in [0.2, 0.25) is 0 Å². The number of methoxy groups -OCH3 is 1. The van der Waals surface area contributed by atoms with E-state index in [-0.39, 0.29) is 30.1 Å². The van der Waals surface area contributed by atoms with E-state index in [0.29, 0.717) is 37.6 Å². The first-order valence-electron chi connectivity index (χ1n) is 10.5. The van der Waals surface area contributed by atoms with Crippen LogP contribution in [0, 0.1) is 0 Å². The molecule has 1 aromatic heterocycles. The monoisotopic (exact) mass is 572 g/mol. The molecule has 0 radical (unpaired) electrons. The Kier molecular flexibility index (Phi) is 9.54.